The van der Waals surface area contributed by atoms with Gasteiger partial charge >= 0.3 is 5.91 Å². The van der Waals surface area contributed by atoms with Crippen LogP contribution in [-0.2, 0) is 9.59 Å². The molecular weight excluding hydrogens is 552 g/mol. The molecule has 218 valence electrons. The third kappa shape index (κ3) is 5.69. The number of aliphatic hydroxyl groups excluding tert-OH is 1. The molecule has 0 saturated carbocycles. The Labute approximate surface area is 249 Å². The number of benzene rings is 3. The van der Waals surface area contributed by atoms with E-state index in [-0.39, 0.29) is 11.3 Å². The molecule has 1 N–H and O–H groups in total. The molecule has 0 aliphatic carbocycles. The lowest BCUT2D eigenvalue weighted by atomic mass is 9.95. The van der Waals surface area contributed by atoms with E-state index in [0.717, 1.165) is 22.2 Å². The molecule has 3 aromatic carbocycles. The van der Waals surface area contributed by atoms with Crippen LogP contribution in [0, 0.1) is 12.8 Å². The summed E-state index contributed by atoms with van der Waals surface area (Å²) in [6, 6.07) is 17.0. The fraction of sp³-hybridized carbons (Fsp3) is 0.303. The van der Waals surface area contributed by atoms with Gasteiger partial charge in [-0.15, -0.1) is 0 Å². The van der Waals surface area contributed by atoms with Crippen molar-refractivity contribution < 1.29 is 28.9 Å². The van der Waals surface area contributed by atoms with Crippen LogP contribution in [0.3, 0.4) is 0 Å². The van der Waals surface area contributed by atoms with Crippen LogP contribution in [0.15, 0.2) is 66.2 Å². The molecule has 5 rings (SSSR count). The monoisotopic (exact) mass is 586 g/mol. The van der Waals surface area contributed by atoms with E-state index in [0.29, 0.717) is 52.6 Å². The number of hydrogen-bond acceptors (Lipinski definition) is 8. The first-order valence-corrected chi connectivity index (χ1v) is 14.8. The minimum absolute atomic E-state index is 0.0420. The summed E-state index contributed by atoms with van der Waals surface area (Å²) in [7, 11) is 1.54. The number of fused-ring (bicyclic) bond motifs is 1. The number of hydrogen-bond donors (Lipinski definition) is 1. The van der Waals surface area contributed by atoms with Gasteiger partial charge in [0.15, 0.2) is 16.6 Å². The summed E-state index contributed by atoms with van der Waals surface area (Å²) in [4.78, 5) is 33.4. The van der Waals surface area contributed by atoms with Crippen molar-refractivity contribution in [1.29, 1.82) is 0 Å². The maximum Gasteiger partial charge on any atom is 0.301 e. The predicted molar refractivity (Wildman–Crippen MR) is 165 cm³/mol. The van der Waals surface area contributed by atoms with Gasteiger partial charge in [0, 0.05) is 5.56 Å². The quantitative estimate of drug-likeness (QED) is 0.121. The first-order chi connectivity index (χ1) is 20.2. The zero-order valence-electron chi connectivity index (χ0n) is 24.3. The van der Waals surface area contributed by atoms with Crippen LogP contribution in [-0.4, -0.2) is 42.1 Å². The van der Waals surface area contributed by atoms with Gasteiger partial charge < -0.3 is 19.3 Å². The summed E-state index contributed by atoms with van der Waals surface area (Å²) < 4.78 is 18.1. The zero-order valence-corrected chi connectivity index (χ0v) is 25.2. The lowest BCUT2D eigenvalue weighted by Gasteiger charge is -2.24. The van der Waals surface area contributed by atoms with E-state index in [1.165, 1.54) is 16.2 Å². The highest BCUT2D eigenvalue weighted by Crippen LogP contribution is 2.46. The Morgan fingerprint density at radius 2 is 1.86 bits per heavy atom. The van der Waals surface area contributed by atoms with Crippen LogP contribution in [0.2, 0.25) is 0 Å². The molecule has 1 aliphatic rings. The Morgan fingerprint density at radius 3 is 2.60 bits per heavy atom. The van der Waals surface area contributed by atoms with Gasteiger partial charge in [-0.25, -0.2) is 4.98 Å². The molecule has 0 radical (unpaired) electrons. The van der Waals surface area contributed by atoms with E-state index in [1.54, 1.807) is 49.6 Å². The standard InChI is InChI=1S/C33H34N2O6S/c1-6-40-23-9-7-8-22(17-23)30(36)28-29(21-11-13-25(26(18-21)39-5)41-15-14-19(2)3)35(32(38)31(28)37)33-34-24-12-10-20(4)16-27(24)42-33/h7-13,16-19,29,36H,6,14-15H2,1-5H3. The molecule has 1 fully saturated rings. The van der Waals surface area contributed by atoms with E-state index in [9.17, 15) is 14.7 Å². The Balaban J connectivity index is 1.66. The average Bonchev–Trinajstić information content (AvgIpc) is 3.50. The molecule has 1 aromatic heterocycles. The van der Waals surface area contributed by atoms with E-state index in [1.807, 2.05) is 32.0 Å². The molecule has 1 aliphatic heterocycles. The molecule has 0 bridgehead atoms. The highest BCUT2D eigenvalue weighted by atomic mass is 32.1. The van der Waals surface area contributed by atoms with Crippen LogP contribution in [0.5, 0.6) is 17.2 Å². The maximum absolute atomic E-state index is 13.7. The van der Waals surface area contributed by atoms with Crippen molar-refractivity contribution >= 4 is 44.1 Å². The van der Waals surface area contributed by atoms with Crippen molar-refractivity contribution in [3.05, 3.63) is 82.9 Å². The summed E-state index contributed by atoms with van der Waals surface area (Å²) in [6.45, 7) is 9.06. The summed E-state index contributed by atoms with van der Waals surface area (Å²) in [5.41, 5.74) is 2.67. The summed E-state index contributed by atoms with van der Waals surface area (Å²) in [5.74, 6) is 0.169. The number of ether oxygens (including phenoxy) is 3. The van der Waals surface area contributed by atoms with Crippen molar-refractivity contribution in [3.8, 4) is 17.2 Å². The smallest absolute Gasteiger partial charge is 0.301 e. The van der Waals surface area contributed by atoms with Crippen LogP contribution < -0.4 is 19.1 Å². The Bertz CT molecular complexity index is 1670. The molecule has 9 heteroatoms. The number of carbonyl (C=O) groups excluding carboxylic acids is 2. The molecule has 2 heterocycles. The zero-order chi connectivity index (χ0) is 30.0. The number of nitrogens with zero attached hydrogens (tertiary/aromatic N) is 2. The van der Waals surface area contributed by atoms with Gasteiger partial charge in [0.1, 0.15) is 11.5 Å². The number of aryl methyl sites for hydroxylation is 1. The second-order valence-corrected chi connectivity index (χ2v) is 11.5. The van der Waals surface area contributed by atoms with Crippen molar-refractivity contribution in [2.24, 2.45) is 5.92 Å². The third-order valence-electron chi connectivity index (χ3n) is 7.06. The van der Waals surface area contributed by atoms with E-state index in [4.69, 9.17) is 19.2 Å². The molecule has 1 amide bonds. The van der Waals surface area contributed by atoms with Gasteiger partial charge in [-0.1, -0.05) is 49.4 Å². The Kier molecular flexibility index (Phi) is 8.49. The summed E-state index contributed by atoms with van der Waals surface area (Å²) >= 11 is 1.32. The van der Waals surface area contributed by atoms with Gasteiger partial charge in [0.2, 0.25) is 0 Å². The Morgan fingerprint density at radius 1 is 1.05 bits per heavy atom. The van der Waals surface area contributed by atoms with Crippen molar-refractivity contribution in [3.63, 3.8) is 0 Å². The lowest BCUT2D eigenvalue weighted by molar-refractivity contribution is -0.132. The average molecular weight is 587 g/mol. The normalized spacial score (nSPS) is 16.4. The number of aliphatic hydroxyl groups is 1. The van der Waals surface area contributed by atoms with Crippen LogP contribution in [0.4, 0.5) is 5.13 Å². The van der Waals surface area contributed by atoms with Crippen LogP contribution in [0.25, 0.3) is 16.0 Å². The molecule has 1 unspecified atom stereocenters. The maximum atomic E-state index is 13.7. The predicted octanol–water partition coefficient (Wildman–Crippen LogP) is 7.06. The molecule has 4 aromatic rings. The Hall–Kier alpha value is -4.37. The molecule has 0 spiro atoms. The van der Waals surface area contributed by atoms with Crippen molar-refractivity contribution in [1.82, 2.24) is 4.98 Å². The third-order valence-corrected chi connectivity index (χ3v) is 8.08. The van der Waals surface area contributed by atoms with Gasteiger partial charge in [-0.05, 0) is 73.7 Å². The van der Waals surface area contributed by atoms with Crippen molar-refractivity contribution in [2.75, 3.05) is 25.2 Å². The number of anilines is 1. The highest BCUT2D eigenvalue weighted by molar-refractivity contribution is 7.22. The molecule has 1 atom stereocenters. The van der Waals surface area contributed by atoms with Gasteiger partial charge in [0.25, 0.3) is 5.78 Å². The lowest BCUT2D eigenvalue weighted by Crippen LogP contribution is -2.29. The number of methoxy groups -OCH3 is 1. The fourth-order valence-corrected chi connectivity index (χ4v) is 5.99. The largest absolute Gasteiger partial charge is 0.507 e. The van der Waals surface area contributed by atoms with Crippen molar-refractivity contribution in [2.45, 2.75) is 40.2 Å². The first kappa shape index (κ1) is 29.1. The van der Waals surface area contributed by atoms with Gasteiger partial charge in [-0.2, -0.15) is 0 Å². The summed E-state index contributed by atoms with van der Waals surface area (Å²) in [5, 5.41) is 11.9. The number of amides is 1. The second kappa shape index (κ2) is 12.2. The highest BCUT2D eigenvalue weighted by Gasteiger charge is 2.48. The number of rotatable bonds is 10. The molecule has 1 saturated heterocycles. The number of Topliss-reactive ketones (excluding diaryl/α,β-unsaturated/α-hetero) is 1. The van der Waals surface area contributed by atoms with E-state index >= 15 is 0 Å². The molecule has 8 nitrogen and oxygen atoms in total. The molecular formula is C33H34N2O6S. The summed E-state index contributed by atoms with van der Waals surface area (Å²) in [6.07, 6.45) is 0.878. The minimum atomic E-state index is -0.957. The fourth-order valence-electron chi connectivity index (χ4n) is 4.90. The number of carbonyl (C=O) groups is 2. The first-order valence-electron chi connectivity index (χ1n) is 13.9. The van der Waals surface area contributed by atoms with E-state index < -0.39 is 17.7 Å². The molecule has 42 heavy (non-hydrogen) atoms. The SMILES string of the molecule is CCOc1cccc(C(O)=C2C(=O)C(=O)N(c3nc4ccc(C)cc4s3)C2c2ccc(OCCC(C)C)c(OC)c2)c1. The second-order valence-electron chi connectivity index (χ2n) is 10.5. The number of aromatic nitrogens is 1. The number of ketones is 1. The van der Waals surface area contributed by atoms with E-state index in [2.05, 4.69) is 13.8 Å². The van der Waals surface area contributed by atoms with Gasteiger partial charge in [0.05, 0.1) is 42.2 Å². The van der Waals surface area contributed by atoms with Crippen LogP contribution in [0.1, 0.15) is 49.9 Å². The van der Waals surface area contributed by atoms with Gasteiger partial charge in [-0.3, -0.25) is 14.5 Å². The minimum Gasteiger partial charge on any atom is -0.507 e. The van der Waals surface area contributed by atoms with Crippen LogP contribution >= 0.6 is 11.3 Å². The topological polar surface area (TPSA) is 98.2 Å². The number of thiazole rings is 1.